The van der Waals surface area contributed by atoms with E-state index >= 15 is 0 Å². The Bertz CT molecular complexity index is 707. The Hall–Kier alpha value is -0.449. The van der Waals surface area contributed by atoms with Crippen molar-refractivity contribution in [1.29, 1.82) is 0 Å². The molecule has 1 atom stereocenters. The molecule has 0 radical (unpaired) electrons. The zero-order valence-electron chi connectivity index (χ0n) is 24.8. The first-order valence-electron chi connectivity index (χ1n) is 12.3. The molecule has 0 saturated carbocycles. The summed E-state index contributed by atoms with van der Waals surface area (Å²) in [5.41, 5.74) is -1.38. The molecule has 0 bridgehead atoms. The fourth-order valence-corrected chi connectivity index (χ4v) is 5.97. The first-order valence-corrected chi connectivity index (χ1v) is 21.0. The molecule has 196 valence electrons. The van der Waals surface area contributed by atoms with Crippen molar-refractivity contribution in [3.05, 3.63) is 0 Å². The van der Waals surface area contributed by atoms with Crippen LogP contribution in [0.3, 0.4) is 0 Å². The molecule has 0 aromatic rings. The topological polar surface area (TPSA) is 61.8 Å². The maximum Gasteiger partial charge on any atom is 0.324 e. The van der Waals surface area contributed by atoms with Gasteiger partial charge in [-0.05, 0) is 60.3 Å². The maximum atomic E-state index is 14.0. The lowest BCUT2D eigenvalue weighted by molar-refractivity contribution is -0.166. The van der Waals surface area contributed by atoms with Gasteiger partial charge in [-0.25, -0.2) is 0 Å². The largest absolute Gasteiger partial charge is 0.519 e. The average molecular weight is 519 g/mol. The van der Waals surface area contributed by atoms with Crippen LogP contribution in [0.25, 0.3) is 0 Å². The van der Waals surface area contributed by atoms with Crippen molar-refractivity contribution in [3.63, 3.8) is 0 Å². The molecule has 0 heterocycles. The summed E-state index contributed by atoms with van der Waals surface area (Å²) >= 11 is 0. The fraction of sp³-hybridized carbons (Fsp3) is 0.920. The second-order valence-corrected chi connectivity index (χ2v) is 28.6. The molecule has 0 spiro atoms. The van der Waals surface area contributed by atoms with E-state index in [1.807, 2.05) is 26.9 Å². The first kappa shape index (κ1) is 32.6. The van der Waals surface area contributed by atoms with Gasteiger partial charge in [-0.2, -0.15) is 0 Å². The van der Waals surface area contributed by atoms with E-state index in [1.165, 1.54) is 0 Å². The summed E-state index contributed by atoms with van der Waals surface area (Å²) in [4.78, 5) is 27.4. The SMILES string of the molecule is CC(C)C(CC(=O)O[Si](C)(C)C(C)(C)C)(O[Si](C)(C)C(C)(C)C)C(=O)O[Si](C)(C)C(C)(C)C. The molecule has 0 N–H and O–H groups in total. The van der Waals surface area contributed by atoms with E-state index in [4.69, 9.17) is 13.3 Å². The third-order valence-corrected chi connectivity index (χ3v) is 21.4. The lowest BCUT2D eigenvalue weighted by Gasteiger charge is -2.48. The summed E-state index contributed by atoms with van der Waals surface area (Å²) < 4.78 is 19.2. The van der Waals surface area contributed by atoms with Crippen LogP contribution in [0.4, 0.5) is 0 Å². The molecule has 0 aromatic heterocycles. The van der Waals surface area contributed by atoms with Crippen molar-refractivity contribution < 1.29 is 22.9 Å². The molecule has 0 aliphatic carbocycles. The van der Waals surface area contributed by atoms with Gasteiger partial charge in [0.05, 0.1) is 6.42 Å². The highest BCUT2D eigenvalue weighted by Gasteiger charge is 2.55. The Kier molecular flexibility index (Phi) is 9.76. The Labute approximate surface area is 208 Å². The van der Waals surface area contributed by atoms with E-state index < -0.39 is 36.5 Å². The molecule has 0 amide bonds. The molecule has 0 aliphatic rings. The van der Waals surface area contributed by atoms with E-state index in [1.54, 1.807) is 0 Å². The van der Waals surface area contributed by atoms with E-state index in [2.05, 4.69) is 88.5 Å². The van der Waals surface area contributed by atoms with E-state index in [0.717, 1.165) is 0 Å². The second-order valence-electron chi connectivity index (χ2n) is 14.5. The van der Waals surface area contributed by atoms with E-state index in [9.17, 15) is 9.59 Å². The average Bonchev–Trinajstić information content (AvgIpc) is 2.48. The molecule has 0 aliphatic heterocycles. The molecule has 0 fully saturated rings. The van der Waals surface area contributed by atoms with Crippen molar-refractivity contribution in [1.82, 2.24) is 0 Å². The summed E-state index contributed by atoms with van der Waals surface area (Å²) in [5.74, 6) is -1.04. The Morgan fingerprint density at radius 1 is 0.636 bits per heavy atom. The molecule has 8 heteroatoms. The molecule has 0 aromatic carbocycles. The van der Waals surface area contributed by atoms with Crippen LogP contribution in [0.15, 0.2) is 0 Å². The zero-order valence-corrected chi connectivity index (χ0v) is 27.8. The normalized spacial score (nSPS) is 16.4. The van der Waals surface area contributed by atoms with Crippen molar-refractivity contribution in [2.24, 2.45) is 5.92 Å². The maximum absolute atomic E-state index is 14.0. The number of hydrogen-bond acceptors (Lipinski definition) is 5. The van der Waals surface area contributed by atoms with Crippen molar-refractivity contribution in [3.8, 4) is 0 Å². The summed E-state index contributed by atoms with van der Waals surface area (Å²) in [5, 5.41) is -0.400. The highest BCUT2D eigenvalue weighted by molar-refractivity contribution is 6.76. The third kappa shape index (κ3) is 7.77. The lowest BCUT2D eigenvalue weighted by Crippen LogP contribution is -2.60. The first-order chi connectivity index (χ1) is 14.1. The van der Waals surface area contributed by atoms with Gasteiger partial charge in [-0.3, -0.25) is 9.59 Å². The van der Waals surface area contributed by atoms with Crippen LogP contribution in [0, 0.1) is 5.92 Å². The molecular weight excluding hydrogens is 465 g/mol. The van der Waals surface area contributed by atoms with Gasteiger partial charge in [0, 0.05) is 0 Å². The molecule has 0 saturated heterocycles. The number of carbonyl (C=O) groups excluding carboxylic acids is 2. The zero-order chi connectivity index (χ0) is 27.1. The van der Waals surface area contributed by atoms with Crippen molar-refractivity contribution in [2.75, 3.05) is 0 Å². The Morgan fingerprint density at radius 3 is 1.27 bits per heavy atom. The number of hydrogen-bond donors (Lipinski definition) is 0. The predicted molar refractivity (Wildman–Crippen MR) is 147 cm³/mol. The standard InChI is InChI=1S/C25H54O5Si3/c1-19(2)25(30-33(16,17)24(9,10)11,21(27)29-32(14,15)23(6,7)8)18-20(26)28-31(12,13)22(3,4)5/h19H,18H2,1-17H3. The van der Waals surface area contributed by atoms with Gasteiger partial charge in [-0.1, -0.05) is 76.2 Å². The van der Waals surface area contributed by atoms with Crippen LogP contribution in [0.2, 0.25) is 54.4 Å². The quantitative estimate of drug-likeness (QED) is 0.306. The summed E-state index contributed by atoms with van der Waals surface area (Å²) in [6.07, 6.45) is -0.128. The van der Waals surface area contributed by atoms with Crippen molar-refractivity contribution >= 4 is 36.9 Å². The summed E-state index contributed by atoms with van der Waals surface area (Å²) in [6, 6.07) is 0. The molecular formula is C25H54O5Si3. The van der Waals surface area contributed by atoms with Gasteiger partial charge in [0.1, 0.15) is 0 Å². The molecule has 0 rings (SSSR count). The molecule has 33 heavy (non-hydrogen) atoms. The van der Waals surface area contributed by atoms with Crippen LogP contribution in [0.5, 0.6) is 0 Å². The van der Waals surface area contributed by atoms with Crippen LogP contribution < -0.4 is 0 Å². The minimum atomic E-state index is -2.43. The van der Waals surface area contributed by atoms with E-state index in [-0.39, 0.29) is 33.4 Å². The smallest absolute Gasteiger partial charge is 0.324 e. The predicted octanol–water partition coefficient (Wildman–Crippen LogP) is 7.89. The number of carbonyl (C=O) groups is 2. The highest BCUT2D eigenvalue weighted by atomic mass is 28.4. The summed E-state index contributed by atoms with van der Waals surface area (Å²) in [7, 11) is -7.21. The van der Waals surface area contributed by atoms with Gasteiger partial charge in [-0.15, -0.1) is 0 Å². The lowest BCUT2D eigenvalue weighted by atomic mass is 9.87. The summed E-state index contributed by atoms with van der Waals surface area (Å²) in [6.45, 7) is 35.3. The monoisotopic (exact) mass is 518 g/mol. The van der Waals surface area contributed by atoms with Crippen LogP contribution in [-0.4, -0.2) is 42.5 Å². The Balaban J connectivity index is 6.52. The Morgan fingerprint density at radius 2 is 0.970 bits per heavy atom. The number of rotatable bonds is 8. The van der Waals surface area contributed by atoms with Gasteiger partial charge < -0.3 is 13.3 Å². The highest BCUT2D eigenvalue weighted by Crippen LogP contribution is 2.45. The van der Waals surface area contributed by atoms with Gasteiger partial charge in [0.25, 0.3) is 22.6 Å². The minimum Gasteiger partial charge on any atom is -0.519 e. The van der Waals surface area contributed by atoms with Crippen molar-refractivity contribution in [2.45, 2.75) is 143 Å². The molecule has 1 unspecified atom stereocenters. The van der Waals surface area contributed by atoms with Gasteiger partial charge in [0.2, 0.25) is 0 Å². The second kappa shape index (κ2) is 9.90. The van der Waals surface area contributed by atoms with E-state index in [0.29, 0.717) is 0 Å². The fourth-order valence-electron chi connectivity index (χ4n) is 2.48. The van der Waals surface area contributed by atoms with Crippen LogP contribution in [-0.2, 0) is 22.9 Å². The van der Waals surface area contributed by atoms with Gasteiger partial charge >= 0.3 is 5.97 Å². The minimum absolute atomic E-state index is 0.120. The van der Waals surface area contributed by atoms with Crippen LogP contribution in [0.1, 0.15) is 82.6 Å². The third-order valence-electron chi connectivity index (χ3n) is 8.26. The molecule has 5 nitrogen and oxygen atoms in total. The van der Waals surface area contributed by atoms with Gasteiger partial charge in [0.15, 0.2) is 13.9 Å². The van der Waals surface area contributed by atoms with Crippen LogP contribution >= 0.6 is 0 Å².